The fourth-order valence-electron chi connectivity index (χ4n) is 3.02. The van der Waals surface area contributed by atoms with Crippen molar-refractivity contribution >= 4 is 29.4 Å². The first-order valence-corrected chi connectivity index (χ1v) is 9.42. The first-order valence-electron chi connectivity index (χ1n) is 8.60. The molecule has 1 atom stereocenters. The van der Waals surface area contributed by atoms with Gasteiger partial charge in [-0.15, -0.1) is 11.3 Å². The molecule has 0 N–H and O–H groups in total. The molecule has 27 heavy (non-hydrogen) atoms. The highest BCUT2D eigenvalue weighted by Gasteiger charge is 2.37. The lowest BCUT2D eigenvalue weighted by atomic mass is 10.1. The molecule has 134 valence electrons. The number of hydrogen-bond acceptors (Lipinski definition) is 4. The lowest BCUT2D eigenvalue weighted by Crippen LogP contribution is -2.32. The highest BCUT2D eigenvalue weighted by atomic mass is 32.1. The molecule has 1 unspecified atom stereocenters. The number of carbonyl (C=O) groups excluding carboxylic acids is 2. The van der Waals surface area contributed by atoms with Gasteiger partial charge >= 0.3 is 6.09 Å². The van der Waals surface area contributed by atoms with Crippen LogP contribution in [0.1, 0.15) is 16.5 Å². The zero-order valence-electron chi connectivity index (χ0n) is 14.4. The highest BCUT2D eigenvalue weighted by Crippen LogP contribution is 2.30. The molecule has 1 fully saturated rings. The number of cyclic esters (lactones) is 1. The Morgan fingerprint density at radius 1 is 1.00 bits per heavy atom. The van der Waals surface area contributed by atoms with Gasteiger partial charge in [-0.25, -0.2) is 9.69 Å². The van der Waals surface area contributed by atoms with Gasteiger partial charge in [-0.3, -0.25) is 4.79 Å². The van der Waals surface area contributed by atoms with Gasteiger partial charge in [0.1, 0.15) is 12.6 Å². The molecular formula is C22H17NO3S. The van der Waals surface area contributed by atoms with Gasteiger partial charge in [-0.2, -0.15) is 0 Å². The van der Waals surface area contributed by atoms with E-state index in [0.29, 0.717) is 0 Å². The number of benzene rings is 2. The molecule has 5 heteroatoms. The van der Waals surface area contributed by atoms with Crippen LogP contribution in [0.4, 0.5) is 4.79 Å². The zero-order valence-corrected chi connectivity index (χ0v) is 15.3. The molecule has 4 rings (SSSR count). The van der Waals surface area contributed by atoms with Gasteiger partial charge < -0.3 is 4.74 Å². The largest absolute Gasteiger partial charge is 0.446 e. The second-order valence-electron chi connectivity index (χ2n) is 6.11. The van der Waals surface area contributed by atoms with Crippen molar-refractivity contribution in [2.75, 3.05) is 6.61 Å². The summed E-state index contributed by atoms with van der Waals surface area (Å²) in [6.07, 6.45) is 2.57. The average molecular weight is 375 g/mol. The predicted octanol–water partition coefficient (Wildman–Crippen LogP) is 5.15. The summed E-state index contributed by atoms with van der Waals surface area (Å²) in [7, 11) is 0. The van der Waals surface area contributed by atoms with Crippen molar-refractivity contribution in [1.82, 2.24) is 4.90 Å². The van der Waals surface area contributed by atoms with Gasteiger partial charge in [0.15, 0.2) is 0 Å². The second kappa shape index (κ2) is 7.60. The van der Waals surface area contributed by atoms with Crippen LogP contribution in [0, 0.1) is 0 Å². The van der Waals surface area contributed by atoms with Crippen LogP contribution < -0.4 is 0 Å². The summed E-state index contributed by atoms with van der Waals surface area (Å²) in [4.78, 5) is 27.9. The monoisotopic (exact) mass is 375 g/mol. The third kappa shape index (κ3) is 3.68. The summed E-state index contributed by atoms with van der Waals surface area (Å²) in [6.45, 7) is 0.180. The number of carbonyl (C=O) groups is 2. The van der Waals surface area contributed by atoms with E-state index in [1.807, 2.05) is 60.7 Å². The molecule has 1 aliphatic heterocycles. The summed E-state index contributed by atoms with van der Waals surface area (Å²) in [5, 5.41) is 0. The fraction of sp³-hybridized carbons (Fsp3) is 0.0909. The van der Waals surface area contributed by atoms with Crippen LogP contribution in [0.25, 0.3) is 16.5 Å². The number of imide groups is 1. The van der Waals surface area contributed by atoms with E-state index in [4.69, 9.17) is 4.74 Å². The van der Waals surface area contributed by atoms with Gasteiger partial charge in [0.25, 0.3) is 5.91 Å². The van der Waals surface area contributed by atoms with E-state index >= 15 is 0 Å². The maximum atomic E-state index is 12.6. The molecule has 0 spiro atoms. The maximum absolute atomic E-state index is 12.6. The number of nitrogens with zero attached hydrogens (tertiary/aromatic N) is 1. The van der Waals surface area contributed by atoms with Crippen LogP contribution in [0.3, 0.4) is 0 Å². The van der Waals surface area contributed by atoms with Crippen molar-refractivity contribution in [3.8, 4) is 10.4 Å². The van der Waals surface area contributed by atoms with Crippen LogP contribution in [0.15, 0.2) is 78.9 Å². The molecular weight excluding hydrogens is 358 g/mol. The molecule has 1 aliphatic rings. The number of ether oxygens (including phenoxy) is 1. The maximum Gasteiger partial charge on any atom is 0.417 e. The van der Waals surface area contributed by atoms with E-state index in [1.54, 1.807) is 17.4 Å². The third-order valence-electron chi connectivity index (χ3n) is 4.37. The molecule has 1 aromatic heterocycles. The van der Waals surface area contributed by atoms with Crippen molar-refractivity contribution in [2.24, 2.45) is 0 Å². The summed E-state index contributed by atoms with van der Waals surface area (Å²) in [6, 6.07) is 23.1. The lowest BCUT2D eigenvalue weighted by Gasteiger charge is -2.18. The summed E-state index contributed by atoms with van der Waals surface area (Å²) >= 11 is 1.59. The van der Waals surface area contributed by atoms with E-state index < -0.39 is 6.09 Å². The fourth-order valence-corrected chi connectivity index (χ4v) is 3.94. The first kappa shape index (κ1) is 17.2. The van der Waals surface area contributed by atoms with Crippen LogP contribution in [0.5, 0.6) is 0 Å². The summed E-state index contributed by atoms with van der Waals surface area (Å²) < 4.78 is 5.10. The van der Waals surface area contributed by atoms with Crippen molar-refractivity contribution < 1.29 is 14.3 Å². The van der Waals surface area contributed by atoms with Gasteiger partial charge in [0, 0.05) is 15.8 Å². The molecule has 1 saturated heterocycles. The predicted molar refractivity (Wildman–Crippen MR) is 106 cm³/mol. The van der Waals surface area contributed by atoms with Gasteiger partial charge in [-0.1, -0.05) is 60.7 Å². The molecule has 3 aromatic rings. The Morgan fingerprint density at radius 2 is 1.70 bits per heavy atom. The zero-order chi connectivity index (χ0) is 18.6. The molecule has 2 amide bonds. The van der Waals surface area contributed by atoms with E-state index in [9.17, 15) is 9.59 Å². The van der Waals surface area contributed by atoms with E-state index in [2.05, 4.69) is 12.1 Å². The van der Waals surface area contributed by atoms with Gasteiger partial charge in [0.05, 0.1) is 0 Å². The highest BCUT2D eigenvalue weighted by molar-refractivity contribution is 7.16. The van der Waals surface area contributed by atoms with Crippen molar-refractivity contribution in [3.05, 3.63) is 89.3 Å². The van der Waals surface area contributed by atoms with E-state index in [1.165, 1.54) is 11.0 Å². The molecule has 0 radical (unpaired) electrons. The Hall–Kier alpha value is -3.18. The molecule has 4 nitrogen and oxygen atoms in total. The second-order valence-corrected chi connectivity index (χ2v) is 7.23. The quantitative estimate of drug-likeness (QED) is 0.593. The normalized spacial score (nSPS) is 16.7. The standard InChI is InChI=1S/C22H17NO3S/c24-21(23-19(15-26-22(23)25)16-7-3-1-4-8-16)14-12-18-11-13-20(27-18)17-9-5-2-6-10-17/h1-14,19H,15H2/b14-12+. The Kier molecular flexibility index (Phi) is 4.85. The van der Waals surface area contributed by atoms with Crippen molar-refractivity contribution in [1.29, 1.82) is 0 Å². The Balaban J connectivity index is 1.51. The molecule has 0 saturated carbocycles. The van der Waals surface area contributed by atoms with Gasteiger partial charge in [-0.05, 0) is 29.3 Å². The molecule has 2 aromatic carbocycles. The van der Waals surface area contributed by atoms with Gasteiger partial charge in [0.2, 0.25) is 0 Å². The van der Waals surface area contributed by atoms with Crippen molar-refractivity contribution in [2.45, 2.75) is 6.04 Å². The Morgan fingerprint density at radius 3 is 2.44 bits per heavy atom. The first-order chi connectivity index (χ1) is 13.2. The number of hydrogen-bond donors (Lipinski definition) is 0. The van der Waals surface area contributed by atoms with E-state index in [0.717, 1.165) is 20.9 Å². The third-order valence-corrected chi connectivity index (χ3v) is 5.47. The van der Waals surface area contributed by atoms with Crippen LogP contribution in [0.2, 0.25) is 0 Å². The Labute approximate surface area is 161 Å². The topological polar surface area (TPSA) is 46.6 Å². The molecule has 0 bridgehead atoms. The SMILES string of the molecule is O=C(/C=C/c1ccc(-c2ccccc2)s1)N1C(=O)OCC1c1ccccc1. The summed E-state index contributed by atoms with van der Waals surface area (Å²) in [5.74, 6) is -0.374. The minimum absolute atomic E-state index is 0.180. The van der Waals surface area contributed by atoms with Crippen LogP contribution in [-0.4, -0.2) is 23.5 Å². The average Bonchev–Trinajstić information content (AvgIpc) is 3.34. The number of thiophene rings is 1. The molecule has 2 heterocycles. The molecule has 0 aliphatic carbocycles. The minimum atomic E-state index is -0.602. The van der Waals surface area contributed by atoms with Crippen molar-refractivity contribution in [3.63, 3.8) is 0 Å². The van der Waals surface area contributed by atoms with E-state index in [-0.39, 0.29) is 18.6 Å². The van der Waals surface area contributed by atoms with Crippen LogP contribution in [-0.2, 0) is 9.53 Å². The Bertz CT molecular complexity index is 979. The lowest BCUT2D eigenvalue weighted by molar-refractivity contribution is -0.124. The summed E-state index contributed by atoms with van der Waals surface area (Å²) in [5.41, 5.74) is 2.02. The van der Waals surface area contributed by atoms with Crippen LogP contribution >= 0.6 is 11.3 Å². The number of rotatable bonds is 4. The smallest absolute Gasteiger partial charge is 0.417 e. The minimum Gasteiger partial charge on any atom is -0.446 e. The number of amides is 2.